The van der Waals surface area contributed by atoms with Crippen molar-refractivity contribution >= 4 is 11.6 Å². The molecule has 0 rings (SSSR count). The molecule has 0 aromatic carbocycles. The predicted octanol–water partition coefficient (Wildman–Crippen LogP) is 1.86. The smallest absolute Gasteiger partial charge is 0.0743 e. The highest BCUT2D eigenvalue weighted by Crippen LogP contribution is 1.90. The van der Waals surface area contributed by atoms with Crippen LogP contribution >= 0.6 is 11.6 Å². The first-order chi connectivity index (χ1) is 4.35. The van der Waals surface area contributed by atoms with Gasteiger partial charge in [0.15, 0.2) is 0 Å². The van der Waals surface area contributed by atoms with Gasteiger partial charge in [0, 0.05) is 13.1 Å². The monoisotopic (exact) mass is 145 g/mol. The number of rotatable bonds is 5. The summed E-state index contributed by atoms with van der Waals surface area (Å²) >= 11 is 5.56. The third kappa shape index (κ3) is 4.25. The SMILES string of the molecule is C=CCN(CCl)CC=C. The molecule has 0 radical (unpaired) electrons. The second-order valence-corrected chi connectivity index (χ2v) is 1.97. The third-order valence-corrected chi connectivity index (χ3v) is 1.28. The molecular weight excluding hydrogens is 134 g/mol. The van der Waals surface area contributed by atoms with E-state index in [2.05, 4.69) is 13.2 Å². The zero-order chi connectivity index (χ0) is 7.11. The molecule has 52 valence electrons. The molecule has 0 unspecified atom stereocenters. The maximum absolute atomic E-state index is 5.56. The lowest BCUT2D eigenvalue weighted by Gasteiger charge is -2.13. The van der Waals surface area contributed by atoms with Crippen LogP contribution in [0.15, 0.2) is 25.3 Å². The highest BCUT2D eigenvalue weighted by atomic mass is 35.5. The lowest BCUT2D eigenvalue weighted by molar-refractivity contribution is 0.393. The molecule has 0 aromatic rings. The van der Waals surface area contributed by atoms with Crippen molar-refractivity contribution in [1.29, 1.82) is 0 Å². The minimum Gasteiger partial charge on any atom is -0.283 e. The van der Waals surface area contributed by atoms with Crippen molar-refractivity contribution in [3.05, 3.63) is 25.3 Å². The van der Waals surface area contributed by atoms with Gasteiger partial charge in [-0.15, -0.1) is 24.8 Å². The van der Waals surface area contributed by atoms with Crippen molar-refractivity contribution in [1.82, 2.24) is 4.90 Å². The molecule has 0 amide bonds. The van der Waals surface area contributed by atoms with E-state index in [4.69, 9.17) is 11.6 Å². The van der Waals surface area contributed by atoms with E-state index in [9.17, 15) is 0 Å². The fourth-order valence-corrected chi connectivity index (χ4v) is 0.732. The van der Waals surface area contributed by atoms with Gasteiger partial charge < -0.3 is 0 Å². The lowest BCUT2D eigenvalue weighted by atomic mass is 10.5. The van der Waals surface area contributed by atoms with Gasteiger partial charge in [0.1, 0.15) is 0 Å². The fourth-order valence-electron chi connectivity index (χ4n) is 0.537. The molecule has 2 heteroatoms. The molecule has 0 fully saturated rings. The van der Waals surface area contributed by atoms with E-state index >= 15 is 0 Å². The van der Waals surface area contributed by atoms with Crippen LogP contribution in [0.25, 0.3) is 0 Å². The highest BCUT2D eigenvalue weighted by molar-refractivity contribution is 6.17. The highest BCUT2D eigenvalue weighted by Gasteiger charge is 1.94. The first-order valence-electron chi connectivity index (χ1n) is 2.85. The maximum Gasteiger partial charge on any atom is 0.0743 e. The van der Waals surface area contributed by atoms with Gasteiger partial charge in [-0.05, 0) is 0 Å². The second kappa shape index (κ2) is 5.86. The molecule has 0 spiro atoms. The zero-order valence-corrected chi connectivity index (χ0v) is 6.27. The Morgan fingerprint density at radius 2 is 1.67 bits per heavy atom. The van der Waals surface area contributed by atoms with E-state index in [1.165, 1.54) is 0 Å². The maximum atomic E-state index is 5.56. The van der Waals surface area contributed by atoms with Gasteiger partial charge in [0.05, 0.1) is 6.00 Å². The summed E-state index contributed by atoms with van der Waals surface area (Å²) < 4.78 is 0. The summed E-state index contributed by atoms with van der Waals surface area (Å²) in [6, 6.07) is 0.540. The molecule has 0 N–H and O–H groups in total. The van der Waals surface area contributed by atoms with Crippen LogP contribution in [-0.4, -0.2) is 24.0 Å². The number of nitrogens with zero attached hydrogens (tertiary/aromatic N) is 1. The molecule has 0 aromatic heterocycles. The van der Waals surface area contributed by atoms with Gasteiger partial charge >= 0.3 is 0 Å². The quantitative estimate of drug-likeness (QED) is 0.324. The van der Waals surface area contributed by atoms with Crippen LogP contribution in [0.3, 0.4) is 0 Å². The summed E-state index contributed by atoms with van der Waals surface area (Å²) in [4.78, 5) is 2.02. The third-order valence-electron chi connectivity index (χ3n) is 0.944. The molecule has 0 aliphatic carbocycles. The van der Waals surface area contributed by atoms with Crippen LogP contribution in [0.1, 0.15) is 0 Å². The molecule has 0 saturated carbocycles. The minimum absolute atomic E-state index is 0.540. The van der Waals surface area contributed by atoms with E-state index in [0.717, 1.165) is 13.1 Å². The largest absolute Gasteiger partial charge is 0.283 e. The molecule has 9 heavy (non-hydrogen) atoms. The molecule has 0 atom stereocenters. The normalized spacial score (nSPS) is 9.56. The average Bonchev–Trinajstić information content (AvgIpc) is 1.88. The summed E-state index contributed by atoms with van der Waals surface area (Å²) in [6.45, 7) is 8.85. The fraction of sp³-hybridized carbons (Fsp3) is 0.429. The molecule has 0 bridgehead atoms. The average molecular weight is 146 g/mol. The molecule has 0 saturated heterocycles. The van der Waals surface area contributed by atoms with Crippen LogP contribution in [0.4, 0.5) is 0 Å². The first-order valence-corrected chi connectivity index (χ1v) is 3.38. The van der Waals surface area contributed by atoms with Crippen molar-refractivity contribution < 1.29 is 0 Å². The van der Waals surface area contributed by atoms with Crippen LogP contribution < -0.4 is 0 Å². The van der Waals surface area contributed by atoms with Crippen molar-refractivity contribution in [2.45, 2.75) is 0 Å². The summed E-state index contributed by atoms with van der Waals surface area (Å²) in [7, 11) is 0. The van der Waals surface area contributed by atoms with Gasteiger partial charge in [0.2, 0.25) is 0 Å². The number of hydrogen-bond acceptors (Lipinski definition) is 1. The van der Waals surface area contributed by atoms with E-state index in [-0.39, 0.29) is 0 Å². The molecule has 1 nitrogen and oxygen atoms in total. The Morgan fingerprint density at radius 1 is 1.22 bits per heavy atom. The first kappa shape index (κ1) is 8.73. The summed E-state index contributed by atoms with van der Waals surface area (Å²) in [5, 5.41) is 0. The number of halogens is 1. The van der Waals surface area contributed by atoms with Gasteiger partial charge in [-0.2, -0.15) is 0 Å². The van der Waals surface area contributed by atoms with Gasteiger partial charge in [-0.1, -0.05) is 12.2 Å². The Kier molecular flexibility index (Phi) is 5.68. The number of hydrogen-bond donors (Lipinski definition) is 0. The van der Waals surface area contributed by atoms with E-state index in [0.29, 0.717) is 6.00 Å². The second-order valence-electron chi connectivity index (χ2n) is 1.73. The summed E-state index contributed by atoms with van der Waals surface area (Å²) in [6.07, 6.45) is 3.65. The lowest BCUT2D eigenvalue weighted by Crippen LogP contribution is -2.21. The van der Waals surface area contributed by atoms with Crippen molar-refractivity contribution in [3.8, 4) is 0 Å². The van der Waals surface area contributed by atoms with Crippen molar-refractivity contribution in [2.24, 2.45) is 0 Å². The standard InChI is InChI=1S/C7H12ClN/c1-3-5-9(7-8)6-4-2/h3-4H,1-2,5-7H2. The molecule has 0 heterocycles. The Morgan fingerprint density at radius 3 is 1.89 bits per heavy atom. The Labute approximate surface area is 61.6 Å². The van der Waals surface area contributed by atoms with E-state index in [1.807, 2.05) is 17.1 Å². The topological polar surface area (TPSA) is 3.24 Å². The summed E-state index contributed by atoms with van der Waals surface area (Å²) in [5.74, 6) is 0. The van der Waals surface area contributed by atoms with Crippen molar-refractivity contribution in [2.75, 3.05) is 19.1 Å². The molecule has 0 aliphatic heterocycles. The van der Waals surface area contributed by atoms with Gasteiger partial charge in [-0.3, -0.25) is 4.90 Å². The van der Waals surface area contributed by atoms with Crippen LogP contribution in [0.5, 0.6) is 0 Å². The molecular formula is C7H12ClN. The number of alkyl halides is 1. The Bertz CT molecular complexity index is 80.9. The van der Waals surface area contributed by atoms with Gasteiger partial charge in [0.25, 0.3) is 0 Å². The minimum atomic E-state index is 0.540. The van der Waals surface area contributed by atoms with E-state index in [1.54, 1.807) is 0 Å². The van der Waals surface area contributed by atoms with Crippen LogP contribution in [0, 0.1) is 0 Å². The van der Waals surface area contributed by atoms with Crippen LogP contribution in [0.2, 0.25) is 0 Å². The zero-order valence-electron chi connectivity index (χ0n) is 5.52. The van der Waals surface area contributed by atoms with Gasteiger partial charge in [-0.25, -0.2) is 0 Å². The molecule has 0 aliphatic rings. The van der Waals surface area contributed by atoms with Crippen LogP contribution in [-0.2, 0) is 0 Å². The summed E-state index contributed by atoms with van der Waals surface area (Å²) in [5.41, 5.74) is 0. The van der Waals surface area contributed by atoms with E-state index < -0.39 is 0 Å². The predicted molar refractivity (Wildman–Crippen MR) is 42.7 cm³/mol. The Balaban J connectivity index is 3.39. The van der Waals surface area contributed by atoms with Crippen molar-refractivity contribution in [3.63, 3.8) is 0 Å². The Hall–Kier alpha value is -0.270.